The van der Waals surface area contributed by atoms with E-state index in [9.17, 15) is 34.2 Å². The third kappa shape index (κ3) is 6.25. The number of phenols is 1. The van der Waals surface area contributed by atoms with Crippen molar-refractivity contribution in [2.45, 2.75) is 74.7 Å². The van der Waals surface area contributed by atoms with Gasteiger partial charge in [0.15, 0.2) is 17.6 Å². The Balaban J connectivity index is 0.000000310. The van der Waals surface area contributed by atoms with Crippen LogP contribution in [0.5, 0.6) is 17.2 Å². The average molecular weight is 654 g/mol. The van der Waals surface area contributed by atoms with Crippen molar-refractivity contribution >= 4 is 29.8 Å². The molecule has 2 bridgehead atoms. The molecule has 4 N–H and O–H groups in total. The number of carbonyl (C=O) groups excluding carboxylic acids is 3. The minimum absolute atomic E-state index is 0.0154. The first kappa shape index (κ1) is 33.4. The predicted octanol–water partition coefficient (Wildman–Crippen LogP) is 2.08. The lowest BCUT2D eigenvalue weighted by Crippen LogP contribution is -2.74. The molecule has 0 radical (unpaired) electrons. The van der Waals surface area contributed by atoms with Crippen LogP contribution in [0.1, 0.15) is 50.2 Å². The van der Waals surface area contributed by atoms with E-state index in [1.54, 1.807) is 36.4 Å². The summed E-state index contributed by atoms with van der Waals surface area (Å²) in [5, 5.41) is 39.2. The number of hydrogen-bond acceptors (Lipinski definition) is 12. The van der Waals surface area contributed by atoms with Crippen LogP contribution in [-0.2, 0) is 45.3 Å². The fourth-order valence-corrected chi connectivity index (χ4v) is 7.03. The number of phenolic OH excluding ortho intramolecular Hbond substituents is 1. The van der Waals surface area contributed by atoms with E-state index in [1.165, 1.54) is 0 Å². The minimum atomic E-state index is -1.60. The second kappa shape index (κ2) is 13.0. The summed E-state index contributed by atoms with van der Waals surface area (Å²) >= 11 is 0. The van der Waals surface area contributed by atoms with Crippen molar-refractivity contribution in [3.05, 3.63) is 65.4 Å². The predicted molar refractivity (Wildman–Crippen MR) is 159 cm³/mol. The summed E-state index contributed by atoms with van der Waals surface area (Å²) in [5.41, 5.74) is -0.0608. The summed E-state index contributed by atoms with van der Waals surface area (Å²) in [5.74, 6) is -3.59. The number of hydrogen-bond donors (Lipinski definition) is 4. The number of para-hydroxylation sites is 1. The van der Waals surface area contributed by atoms with Gasteiger partial charge < -0.3 is 44.3 Å². The average Bonchev–Trinajstić information content (AvgIpc) is 3.37. The Morgan fingerprint density at radius 1 is 1.02 bits per heavy atom. The molecular weight excluding hydrogens is 618 g/mol. The molecule has 1 unspecified atom stereocenters. The van der Waals surface area contributed by atoms with Gasteiger partial charge in [0.05, 0.1) is 30.3 Å². The highest BCUT2D eigenvalue weighted by Crippen LogP contribution is 2.65. The third-order valence-electron chi connectivity index (χ3n) is 9.04. The maximum atomic E-state index is 12.7. The lowest BCUT2D eigenvalue weighted by molar-refractivity contribution is -0.169. The van der Waals surface area contributed by atoms with E-state index in [1.807, 2.05) is 19.2 Å². The molecule has 0 saturated carbocycles. The SMILES string of the molecule is CC(=O)OC(CC(=O)O)C(=O)O.CN1CC[C@]23c4c5ccc(O)c4O[C@H]2C(OC(=O)CCC(=O)Oc2ccccc2)=CC[C@@]3(O)[C@H]1C5. The van der Waals surface area contributed by atoms with Crippen molar-refractivity contribution in [1.29, 1.82) is 0 Å². The van der Waals surface area contributed by atoms with Crippen LogP contribution < -0.4 is 9.47 Å². The monoisotopic (exact) mass is 653 g/mol. The molecule has 2 heterocycles. The Bertz CT molecular complexity index is 1610. The summed E-state index contributed by atoms with van der Waals surface area (Å²) in [7, 11) is 2.01. The Hall–Kier alpha value is -4.95. The number of likely N-dealkylation sites (N-methyl/N-ethyl adjacent to an activating group) is 1. The number of ether oxygens (including phenoxy) is 4. The third-order valence-corrected chi connectivity index (χ3v) is 9.04. The number of esters is 3. The van der Waals surface area contributed by atoms with Crippen LogP contribution >= 0.6 is 0 Å². The number of aromatic hydroxyl groups is 1. The largest absolute Gasteiger partial charge is 0.504 e. The summed E-state index contributed by atoms with van der Waals surface area (Å²) in [6.07, 6.45) is -0.0581. The molecule has 2 aliphatic heterocycles. The highest BCUT2D eigenvalue weighted by atomic mass is 16.6. The van der Waals surface area contributed by atoms with Gasteiger partial charge in [0.2, 0.25) is 6.10 Å². The number of carbonyl (C=O) groups is 5. The summed E-state index contributed by atoms with van der Waals surface area (Å²) in [4.78, 5) is 57.6. The number of aliphatic carboxylic acids is 2. The summed E-state index contributed by atoms with van der Waals surface area (Å²) in [6.45, 7) is 1.76. The second-order valence-corrected chi connectivity index (χ2v) is 11.9. The van der Waals surface area contributed by atoms with Gasteiger partial charge in [-0.05, 0) is 56.3 Å². The lowest BCUT2D eigenvalue weighted by Gasteiger charge is -2.61. The molecular formula is C33H35NO13. The number of carboxylic acid groups (broad SMARTS) is 2. The Labute approximate surface area is 269 Å². The zero-order valence-electron chi connectivity index (χ0n) is 25.7. The molecule has 1 fully saturated rings. The zero-order chi connectivity index (χ0) is 34.1. The first-order valence-electron chi connectivity index (χ1n) is 15.0. The van der Waals surface area contributed by atoms with Crippen molar-refractivity contribution in [2.24, 2.45) is 0 Å². The molecule has 250 valence electrons. The van der Waals surface area contributed by atoms with Gasteiger partial charge in [0, 0.05) is 24.9 Å². The van der Waals surface area contributed by atoms with E-state index in [0.717, 1.165) is 24.6 Å². The summed E-state index contributed by atoms with van der Waals surface area (Å²) < 4.78 is 21.4. The summed E-state index contributed by atoms with van der Waals surface area (Å²) in [6, 6.07) is 12.1. The molecule has 1 saturated heterocycles. The maximum Gasteiger partial charge on any atom is 0.345 e. The highest BCUT2D eigenvalue weighted by molar-refractivity contribution is 5.82. The van der Waals surface area contributed by atoms with Crippen LogP contribution in [0, 0.1) is 0 Å². The van der Waals surface area contributed by atoms with E-state index in [4.69, 9.17) is 24.4 Å². The Kier molecular flexibility index (Phi) is 9.27. The molecule has 2 aromatic rings. The molecule has 47 heavy (non-hydrogen) atoms. The Morgan fingerprint density at radius 3 is 2.34 bits per heavy atom. The van der Waals surface area contributed by atoms with Crippen molar-refractivity contribution in [3.63, 3.8) is 0 Å². The molecule has 14 nitrogen and oxygen atoms in total. The van der Waals surface area contributed by atoms with Crippen LogP contribution in [0.15, 0.2) is 54.3 Å². The van der Waals surface area contributed by atoms with Gasteiger partial charge in [-0.1, -0.05) is 24.3 Å². The quantitative estimate of drug-likeness (QED) is 0.226. The number of rotatable bonds is 9. The van der Waals surface area contributed by atoms with E-state index < -0.39 is 59.5 Å². The molecule has 2 aromatic carbocycles. The first-order valence-corrected chi connectivity index (χ1v) is 15.0. The Morgan fingerprint density at radius 2 is 1.70 bits per heavy atom. The molecule has 6 rings (SSSR count). The standard InChI is InChI=1S/C27H27NO7.C6H8O6/c1-28-14-13-26-23-16-7-8-18(29)24(23)35-25(26)19(11-12-27(26,32)20(28)15-16)34-22(31)10-9-21(30)33-17-5-3-2-4-6-17;1-3(7)12-4(6(10)11)2-5(8)9/h2-8,11,20,25,29,32H,9-10,12-15H2,1H3;4H,2H2,1H3,(H,8,9)(H,10,11)/t20-,25+,26+,27-;/m1./s1. The van der Waals surface area contributed by atoms with Gasteiger partial charge in [-0.25, -0.2) is 4.79 Å². The minimum Gasteiger partial charge on any atom is -0.504 e. The second-order valence-electron chi connectivity index (χ2n) is 11.9. The van der Waals surface area contributed by atoms with Crippen LogP contribution in [0.4, 0.5) is 0 Å². The van der Waals surface area contributed by atoms with E-state index in [-0.39, 0.29) is 24.6 Å². The number of aliphatic hydroxyl groups is 1. The highest BCUT2D eigenvalue weighted by Gasteiger charge is 2.72. The molecule has 0 aromatic heterocycles. The van der Waals surface area contributed by atoms with Crippen molar-refractivity contribution in [3.8, 4) is 17.2 Å². The fraction of sp³-hybridized carbons (Fsp3) is 0.424. The van der Waals surface area contributed by atoms with Crippen molar-refractivity contribution in [1.82, 2.24) is 4.90 Å². The van der Waals surface area contributed by atoms with Gasteiger partial charge in [0.1, 0.15) is 11.5 Å². The van der Waals surface area contributed by atoms with Crippen LogP contribution in [0.2, 0.25) is 0 Å². The number of nitrogens with zero attached hydrogens (tertiary/aromatic N) is 1. The van der Waals surface area contributed by atoms with Crippen LogP contribution in [-0.4, -0.2) is 92.6 Å². The molecule has 0 amide bonds. The first-order chi connectivity index (χ1) is 22.3. The smallest absolute Gasteiger partial charge is 0.345 e. The normalized spacial score (nSPS) is 25.4. The lowest BCUT2D eigenvalue weighted by atomic mass is 9.50. The van der Waals surface area contributed by atoms with Crippen molar-refractivity contribution in [2.75, 3.05) is 13.6 Å². The zero-order valence-corrected chi connectivity index (χ0v) is 25.7. The van der Waals surface area contributed by atoms with Gasteiger partial charge >= 0.3 is 29.8 Å². The number of carboxylic acids is 2. The van der Waals surface area contributed by atoms with E-state index in [0.29, 0.717) is 36.5 Å². The fourth-order valence-electron chi connectivity index (χ4n) is 7.03. The molecule has 1 spiro atoms. The maximum absolute atomic E-state index is 12.7. The molecule has 14 heteroatoms. The molecule has 4 aliphatic rings. The van der Waals surface area contributed by atoms with Crippen molar-refractivity contribution < 1.29 is 63.3 Å². The molecule has 2 aliphatic carbocycles. The van der Waals surface area contributed by atoms with Crippen LogP contribution in [0.25, 0.3) is 0 Å². The van der Waals surface area contributed by atoms with Gasteiger partial charge in [-0.2, -0.15) is 0 Å². The van der Waals surface area contributed by atoms with Gasteiger partial charge in [-0.15, -0.1) is 0 Å². The van der Waals surface area contributed by atoms with E-state index in [2.05, 4.69) is 9.64 Å². The topological polar surface area (TPSA) is 206 Å². The van der Waals surface area contributed by atoms with Crippen LogP contribution in [0.3, 0.4) is 0 Å². The van der Waals surface area contributed by atoms with Gasteiger partial charge in [-0.3, -0.25) is 19.2 Å². The number of likely N-dealkylation sites (tertiary alicyclic amines) is 1. The number of piperidine rings is 1. The number of benzene rings is 2. The van der Waals surface area contributed by atoms with E-state index >= 15 is 0 Å². The van der Waals surface area contributed by atoms with Gasteiger partial charge in [0.25, 0.3) is 0 Å². The molecule has 5 atom stereocenters.